The molecule has 0 unspecified atom stereocenters. The molecule has 0 aliphatic carbocycles. The number of rotatable bonds is 5. The second-order valence-corrected chi connectivity index (χ2v) is 7.03. The van der Waals surface area contributed by atoms with Crippen LogP contribution in [0.5, 0.6) is 5.75 Å². The Balaban J connectivity index is 1.59. The zero-order valence-electron chi connectivity index (χ0n) is 15.0. The number of benzene rings is 2. The van der Waals surface area contributed by atoms with Gasteiger partial charge < -0.3 is 14.3 Å². The van der Waals surface area contributed by atoms with Gasteiger partial charge in [-0.05, 0) is 35.9 Å². The normalized spacial score (nSPS) is 11.0. The summed E-state index contributed by atoms with van der Waals surface area (Å²) < 4.78 is 7.16. The van der Waals surface area contributed by atoms with Gasteiger partial charge in [0, 0.05) is 35.3 Å². The van der Waals surface area contributed by atoms with Crippen molar-refractivity contribution in [3.05, 3.63) is 70.5 Å². The number of methoxy groups -OCH3 is 1. The number of nitrogens with one attached hydrogen (secondary N) is 1. The Morgan fingerprint density at radius 2 is 1.89 bits per heavy atom. The minimum absolute atomic E-state index is 0.0961. The highest BCUT2D eigenvalue weighted by atomic mass is 32.2. The van der Waals surface area contributed by atoms with Crippen LogP contribution in [-0.2, 0) is 12.8 Å². The number of nitrogens with zero attached hydrogens (tertiary/aromatic N) is 3. The van der Waals surface area contributed by atoms with Gasteiger partial charge in [-0.1, -0.05) is 30.0 Å². The highest BCUT2D eigenvalue weighted by Crippen LogP contribution is 2.28. The molecule has 2 aromatic carbocycles. The molecule has 1 N–H and O–H groups in total. The third-order valence-electron chi connectivity index (χ3n) is 4.38. The summed E-state index contributed by atoms with van der Waals surface area (Å²) >= 11 is 1.56. The predicted molar refractivity (Wildman–Crippen MR) is 107 cm³/mol. The summed E-state index contributed by atoms with van der Waals surface area (Å²) in [7, 11) is 3.59. The second-order valence-electron chi connectivity index (χ2n) is 6.09. The molecule has 0 saturated carbocycles. The van der Waals surface area contributed by atoms with Gasteiger partial charge in [0.2, 0.25) is 5.56 Å². The fourth-order valence-electron chi connectivity index (χ4n) is 2.97. The minimum Gasteiger partial charge on any atom is -0.497 e. The number of H-pyrrole nitrogens is 1. The van der Waals surface area contributed by atoms with Crippen molar-refractivity contribution in [1.29, 1.82) is 0 Å². The molecule has 0 aliphatic rings. The Kier molecular flexibility index (Phi) is 4.68. The molecule has 0 fully saturated rings. The average Bonchev–Trinajstić information content (AvgIpc) is 3.06. The highest BCUT2D eigenvalue weighted by Gasteiger charge is 2.12. The van der Waals surface area contributed by atoms with E-state index in [2.05, 4.69) is 15.2 Å². The van der Waals surface area contributed by atoms with Gasteiger partial charge in [-0.3, -0.25) is 4.79 Å². The lowest BCUT2D eigenvalue weighted by atomic mass is 10.1. The van der Waals surface area contributed by atoms with Crippen molar-refractivity contribution in [2.75, 3.05) is 7.11 Å². The van der Waals surface area contributed by atoms with Crippen LogP contribution < -0.4 is 10.3 Å². The third-order valence-corrected chi connectivity index (χ3v) is 5.45. The second kappa shape index (κ2) is 7.28. The van der Waals surface area contributed by atoms with Crippen molar-refractivity contribution < 1.29 is 4.74 Å². The van der Waals surface area contributed by atoms with Gasteiger partial charge in [0.15, 0.2) is 11.0 Å². The fourth-order valence-corrected chi connectivity index (χ4v) is 3.87. The molecular formula is C20H18N4O2S. The van der Waals surface area contributed by atoms with Gasteiger partial charge in [0.1, 0.15) is 5.75 Å². The maximum atomic E-state index is 11.9. The van der Waals surface area contributed by atoms with E-state index in [0.717, 1.165) is 38.8 Å². The number of ether oxygens (including phenoxy) is 1. The first-order valence-corrected chi connectivity index (χ1v) is 9.42. The summed E-state index contributed by atoms with van der Waals surface area (Å²) in [4.78, 5) is 14.8. The number of aromatic amines is 1. The van der Waals surface area contributed by atoms with E-state index in [0.29, 0.717) is 5.75 Å². The maximum absolute atomic E-state index is 11.9. The van der Waals surface area contributed by atoms with Crippen LogP contribution in [0.1, 0.15) is 5.56 Å². The molecule has 7 heteroatoms. The van der Waals surface area contributed by atoms with Gasteiger partial charge in [0.25, 0.3) is 0 Å². The number of pyridine rings is 1. The Bertz CT molecular complexity index is 1150. The largest absolute Gasteiger partial charge is 0.497 e. The smallest absolute Gasteiger partial charge is 0.248 e. The first-order valence-electron chi connectivity index (χ1n) is 8.43. The van der Waals surface area contributed by atoms with Gasteiger partial charge >= 0.3 is 0 Å². The monoisotopic (exact) mass is 378 g/mol. The Morgan fingerprint density at radius 3 is 2.67 bits per heavy atom. The standard InChI is InChI=1S/C20H18N4O2S/c1-24-19(13-7-9-15(26-2)10-8-13)22-23-20(24)27-12-14-11-18(25)21-17-6-4-3-5-16(14)17/h3-11H,12H2,1-2H3,(H,21,25). The number of para-hydroxylation sites is 1. The van der Waals surface area contributed by atoms with Crippen molar-refractivity contribution >= 4 is 22.7 Å². The zero-order valence-corrected chi connectivity index (χ0v) is 15.8. The van der Waals surface area contributed by atoms with Gasteiger partial charge in [-0.2, -0.15) is 0 Å². The fraction of sp³-hybridized carbons (Fsp3) is 0.150. The van der Waals surface area contributed by atoms with Crippen LogP contribution in [0.25, 0.3) is 22.3 Å². The molecule has 0 radical (unpaired) electrons. The van der Waals surface area contributed by atoms with Crippen LogP contribution in [0.3, 0.4) is 0 Å². The van der Waals surface area contributed by atoms with Crippen molar-refractivity contribution in [2.45, 2.75) is 10.9 Å². The number of fused-ring (bicyclic) bond motifs is 1. The SMILES string of the molecule is COc1ccc(-c2nnc(SCc3cc(=O)[nH]c4ccccc34)n2C)cc1. The molecule has 0 bridgehead atoms. The molecule has 0 amide bonds. The molecule has 4 rings (SSSR count). The van der Waals surface area contributed by atoms with E-state index in [1.54, 1.807) is 24.9 Å². The summed E-state index contributed by atoms with van der Waals surface area (Å²) in [6, 6.07) is 17.2. The molecule has 0 saturated heterocycles. The van der Waals surface area contributed by atoms with Crippen molar-refractivity contribution in [2.24, 2.45) is 7.05 Å². The molecule has 0 aliphatic heterocycles. The molecule has 4 aromatic rings. The van der Waals surface area contributed by atoms with Gasteiger partial charge in [-0.25, -0.2) is 0 Å². The van der Waals surface area contributed by atoms with Crippen molar-refractivity contribution in [3.8, 4) is 17.1 Å². The lowest BCUT2D eigenvalue weighted by Crippen LogP contribution is -2.06. The van der Waals surface area contributed by atoms with Gasteiger partial charge in [0.05, 0.1) is 7.11 Å². The summed E-state index contributed by atoms with van der Waals surface area (Å²) in [5.41, 5.74) is 2.70. The first kappa shape index (κ1) is 17.4. The Morgan fingerprint density at radius 1 is 1.11 bits per heavy atom. The molecule has 2 aromatic heterocycles. The van der Waals surface area contributed by atoms with Crippen LogP contribution >= 0.6 is 11.8 Å². The van der Waals surface area contributed by atoms with Crippen LogP contribution in [0, 0.1) is 0 Å². The summed E-state index contributed by atoms with van der Waals surface area (Å²) in [5.74, 6) is 2.23. The van der Waals surface area contributed by atoms with Crippen molar-refractivity contribution in [1.82, 2.24) is 19.7 Å². The lowest BCUT2D eigenvalue weighted by molar-refractivity contribution is 0.415. The van der Waals surface area contributed by atoms with E-state index in [4.69, 9.17) is 4.74 Å². The number of aromatic nitrogens is 4. The van der Waals surface area contributed by atoms with Gasteiger partial charge in [-0.15, -0.1) is 10.2 Å². The highest BCUT2D eigenvalue weighted by molar-refractivity contribution is 7.98. The lowest BCUT2D eigenvalue weighted by Gasteiger charge is -2.07. The molecule has 0 spiro atoms. The Labute approximate surface area is 160 Å². The van der Waals surface area contributed by atoms with Crippen LogP contribution in [-0.4, -0.2) is 26.9 Å². The summed E-state index contributed by atoms with van der Waals surface area (Å²) in [6.07, 6.45) is 0. The minimum atomic E-state index is -0.0961. The maximum Gasteiger partial charge on any atom is 0.248 e. The quantitative estimate of drug-likeness (QED) is 0.537. The molecule has 0 atom stereocenters. The van der Waals surface area contributed by atoms with E-state index < -0.39 is 0 Å². The third kappa shape index (κ3) is 3.46. The van der Waals surface area contributed by atoms with Crippen LogP contribution in [0.4, 0.5) is 0 Å². The average molecular weight is 378 g/mol. The van der Waals surface area contributed by atoms with E-state index in [9.17, 15) is 4.79 Å². The summed E-state index contributed by atoms with van der Waals surface area (Å²) in [5, 5.41) is 10.5. The van der Waals surface area contributed by atoms with Crippen molar-refractivity contribution in [3.63, 3.8) is 0 Å². The number of thioether (sulfide) groups is 1. The molecule has 6 nitrogen and oxygen atoms in total. The molecule has 136 valence electrons. The number of hydrogen-bond acceptors (Lipinski definition) is 5. The van der Waals surface area contributed by atoms with E-state index in [1.807, 2.05) is 60.1 Å². The molecule has 2 heterocycles. The number of hydrogen-bond donors (Lipinski definition) is 1. The van der Waals surface area contributed by atoms with E-state index >= 15 is 0 Å². The summed E-state index contributed by atoms with van der Waals surface area (Å²) in [6.45, 7) is 0. The molecule has 27 heavy (non-hydrogen) atoms. The topological polar surface area (TPSA) is 72.8 Å². The van der Waals surface area contributed by atoms with Crippen LogP contribution in [0.15, 0.2) is 64.5 Å². The van der Waals surface area contributed by atoms with E-state index in [-0.39, 0.29) is 5.56 Å². The predicted octanol–water partition coefficient (Wildman–Crippen LogP) is 3.62. The molecular weight excluding hydrogens is 360 g/mol. The zero-order chi connectivity index (χ0) is 18.8. The van der Waals surface area contributed by atoms with E-state index in [1.165, 1.54) is 0 Å². The Hall–Kier alpha value is -3.06. The first-order chi connectivity index (χ1) is 13.2. The van der Waals surface area contributed by atoms with Crippen LogP contribution in [0.2, 0.25) is 0 Å².